The molecule has 0 aromatic heterocycles. The average molecular weight is 206 g/mol. The molecule has 1 unspecified atom stereocenters. The number of hydrogen-bond acceptors (Lipinski definition) is 2. The topological polar surface area (TPSA) is 38.0 Å². The lowest BCUT2D eigenvalue weighted by Gasteiger charge is -2.23. The van der Waals surface area contributed by atoms with Crippen molar-refractivity contribution < 1.29 is 0 Å². The van der Waals surface area contributed by atoms with Crippen LogP contribution in [-0.2, 0) is 0 Å². The molecule has 2 heteroatoms. The van der Waals surface area contributed by atoms with Crippen molar-refractivity contribution in [2.45, 2.75) is 33.7 Å². The molecule has 1 atom stereocenters. The molecule has 0 radical (unpaired) electrons. The van der Waals surface area contributed by atoms with Crippen LogP contribution in [0.3, 0.4) is 0 Å². The monoisotopic (exact) mass is 206 g/mol. The van der Waals surface area contributed by atoms with Gasteiger partial charge in [0.2, 0.25) is 0 Å². The van der Waals surface area contributed by atoms with Crippen molar-refractivity contribution in [3.63, 3.8) is 0 Å². The summed E-state index contributed by atoms with van der Waals surface area (Å²) < 4.78 is 0. The van der Waals surface area contributed by atoms with Crippen LogP contribution in [0.25, 0.3) is 0 Å². The van der Waals surface area contributed by atoms with Crippen molar-refractivity contribution >= 4 is 5.69 Å². The molecule has 0 heterocycles. The lowest BCUT2D eigenvalue weighted by molar-refractivity contribution is 0.531. The summed E-state index contributed by atoms with van der Waals surface area (Å²) >= 11 is 0. The third-order valence-electron chi connectivity index (χ3n) is 2.78. The fourth-order valence-electron chi connectivity index (χ4n) is 1.67. The zero-order valence-corrected chi connectivity index (χ0v) is 10.2. The van der Waals surface area contributed by atoms with Gasteiger partial charge < -0.3 is 11.1 Å². The number of hydrogen-bond donors (Lipinski definition) is 2. The van der Waals surface area contributed by atoms with Gasteiger partial charge in [-0.15, -0.1) is 0 Å². The molecule has 1 aromatic rings. The summed E-state index contributed by atoms with van der Waals surface area (Å²) in [6.07, 6.45) is 0. The summed E-state index contributed by atoms with van der Waals surface area (Å²) in [5, 5.41) is 3.50. The molecule has 1 aromatic carbocycles. The Labute approximate surface area is 92.9 Å². The Kier molecular flexibility index (Phi) is 4.15. The minimum absolute atomic E-state index is 0.353. The van der Waals surface area contributed by atoms with Crippen LogP contribution in [0.4, 0.5) is 5.69 Å². The van der Waals surface area contributed by atoms with E-state index in [1.807, 2.05) is 0 Å². The molecular formula is C13H22N2. The molecule has 84 valence electrons. The van der Waals surface area contributed by atoms with Crippen LogP contribution < -0.4 is 11.1 Å². The molecule has 0 bridgehead atoms. The normalized spacial score (nSPS) is 12.9. The first-order chi connectivity index (χ1) is 7.04. The molecule has 0 spiro atoms. The summed E-state index contributed by atoms with van der Waals surface area (Å²) in [5.74, 6) is 0.552. The van der Waals surface area contributed by atoms with Gasteiger partial charge in [-0.2, -0.15) is 0 Å². The van der Waals surface area contributed by atoms with E-state index in [9.17, 15) is 0 Å². The predicted molar refractivity (Wildman–Crippen MR) is 67.2 cm³/mol. The van der Waals surface area contributed by atoms with E-state index in [2.05, 4.69) is 51.2 Å². The van der Waals surface area contributed by atoms with E-state index in [-0.39, 0.29) is 0 Å². The molecule has 0 fully saturated rings. The Morgan fingerprint density at radius 1 is 1.27 bits per heavy atom. The second-order valence-corrected chi connectivity index (χ2v) is 4.55. The largest absolute Gasteiger partial charge is 0.381 e. The molecular weight excluding hydrogens is 184 g/mol. The summed E-state index contributed by atoms with van der Waals surface area (Å²) in [4.78, 5) is 0. The van der Waals surface area contributed by atoms with Gasteiger partial charge >= 0.3 is 0 Å². The summed E-state index contributed by atoms with van der Waals surface area (Å²) in [6, 6.07) is 6.81. The van der Waals surface area contributed by atoms with Gasteiger partial charge in [0.25, 0.3) is 0 Å². The summed E-state index contributed by atoms with van der Waals surface area (Å²) in [5.41, 5.74) is 9.52. The Bertz CT molecular complexity index is 318. The number of aryl methyl sites for hydroxylation is 2. The van der Waals surface area contributed by atoms with E-state index in [1.54, 1.807) is 0 Å². The van der Waals surface area contributed by atoms with Gasteiger partial charge in [-0.25, -0.2) is 0 Å². The van der Waals surface area contributed by atoms with E-state index in [0.717, 1.165) is 0 Å². The highest BCUT2D eigenvalue weighted by Crippen LogP contribution is 2.18. The van der Waals surface area contributed by atoms with Crippen molar-refractivity contribution in [3.8, 4) is 0 Å². The van der Waals surface area contributed by atoms with E-state index in [0.29, 0.717) is 18.5 Å². The van der Waals surface area contributed by atoms with Crippen molar-refractivity contribution in [3.05, 3.63) is 29.3 Å². The quantitative estimate of drug-likeness (QED) is 0.795. The minimum atomic E-state index is 0.353. The second kappa shape index (κ2) is 5.17. The molecule has 0 amide bonds. The molecule has 0 saturated carbocycles. The van der Waals surface area contributed by atoms with Gasteiger partial charge in [0.05, 0.1) is 0 Å². The zero-order chi connectivity index (χ0) is 11.4. The number of anilines is 1. The van der Waals surface area contributed by atoms with Crippen LogP contribution in [0, 0.1) is 19.8 Å². The van der Waals surface area contributed by atoms with Crippen molar-refractivity contribution in [1.29, 1.82) is 0 Å². The van der Waals surface area contributed by atoms with Crippen molar-refractivity contribution in [2.75, 3.05) is 11.9 Å². The van der Waals surface area contributed by atoms with Crippen LogP contribution >= 0.6 is 0 Å². The van der Waals surface area contributed by atoms with Gasteiger partial charge in [-0.1, -0.05) is 31.5 Å². The molecule has 0 aliphatic carbocycles. The second-order valence-electron chi connectivity index (χ2n) is 4.55. The van der Waals surface area contributed by atoms with Gasteiger partial charge in [-0.05, 0) is 31.4 Å². The van der Waals surface area contributed by atoms with Gasteiger partial charge in [0, 0.05) is 18.3 Å². The molecule has 0 aliphatic heterocycles. The molecule has 15 heavy (non-hydrogen) atoms. The highest BCUT2D eigenvalue weighted by molar-refractivity contribution is 5.52. The Morgan fingerprint density at radius 3 is 2.40 bits per heavy atom. The average Bonchev–Trinajstić information content (AvgIpc) is 2.16. The van der Waals surface area contributed by atoms with Gasteiger partial charge in [-0.3, -0.25) is 0 Å². The molecule has 0 saturated heterocycles. The van der Waals surface area contributed by atoms with Gasteiger partial charge in [0.1, 0.15) is 0 Å². The van der Waals surface area contributed by atoms with Crippen LogP contribution in [0.15, 0.2) is 18.2 Å². The van der Waals surface area contributed by atoms with Crippen molar-refractivity contribution in [1.82, 2.24) is 0 Å². The maximum Gasteiger partial charge on any atom is 0.0406 e. The SMILES string of the molecule is Cc1ccc(NC(CN)C(C)C)c(C)c1. The highest BCUT2D eigenvalue weighted by atomic mass is 14.9. The molecule has 0 aliphatic rings. The minimum Gasteiger partial charge on any atom is -0.381 e. The first kappa shape index (κ1) is 12.1. The Balaban J connectivity index is 2.79. The first-order valence-corrected chi connectivity index (χ1v) is 5.58. The van der Waals surface area contributed by atoms with Crippen LogP contribution in [0.1, 0.15) is 25.0 Å². The molecule has 2 nitrogen and oxygen atoms in total. The maximum absolute atomic E-state index is 5.74. The summed E-state index contributed by atoms with van der Waals surface area (Å²) in [6.45, 7) is 9.29. The number of rotatable bonds is 4. The standard InChI is InChI=1S/C13H22N2/c1-9(2)13(8-14)15-12-6-5-10(3)7-11(12)4/h5-7,9,13,15H,8,14H2,1-4H3. The number of nitrogens with two attached hydrogens (primary N) is 1. The number of benzene rings is 1. The lowest BCUT2D eigenvalue weighted by atomic mass is 10.0. The van der Waals surface area contributed by atoms with E-state index in [4.69, 9.17) is 5.73 Å². The number of nitrogens with one attached hydrogen (secondary N) is 1. The smallest absolute Gasteiger partial charge is 0.0406 e. The Hall–Kier alpha value is -1.02. The Morgan fingerprint density at radius 2 is 1.93 bits per heavy atom. The van der Waals surface area contributed by atoms with Crippen molar-refractivity contribution in [2.24, 2.45) is 11.7 Å². The van der Waals surface area contributed by atoms with E-state index < -0.39 is 0 Å². The van der Waals surface area contributed by atoms with Crippen LogP contribution in [0.2, 0.25) is 0 Å². The first-order valence-electron chi connectivity index (χ1n) is 5.58. The lowest BCUT2D eigenvalue weighted by Crippen LogP contribution is -2.33. The maximum atomic E-state index is 5.74. The highest BCUT2D eigenvalue weighted by Gasteiger charge is 2.11. The fourth-order valence-corrected chi connectivity index (χ4v) is 1.67. The van der Waals surface area contributed by atoms with Crippen LogP contribution in [0.5, 0.6) is 0 Å². The third kappa shape index (κ3) is 3.24. The molecule has 3 N–H and O–H groups in total. The van der Waals surface area contributed by atoms with Gasteiger partial charge in [0.15, 0.2) is 0 Å². The predicted octanol–water partition coefficient (Wildman–Crippen LogP) is 2.70. The van der Waals surface area contributed by atoms with Crippen LogP contribution in [-0.4, -0.2) is 12.6 Å². The van der Waals surface area contributed by atoms with E-state index in [1.165, 1.54) is 16.8 Å². The zero-order valence-electron chi connectivity index (χ0n) is 10.2. The molecule has 1 rings (SSSR count). The fraction of sp³-hybridized carbons (Fsp3) is 0.538. The third-order valence-corrected chi connectivity index (χ3v) is 2.78. The summed E-state index contributed by atoms with van der Waals surface area (Å²) in [7, 11) is 0. The van der Waals surface area contributed by atoms with E-state index >= 15 is 0 Å².